The molecule has 1 saturated heterocycles. The van der Waals surface area contributed by atoms with Crippen LogP contribution in [0, 0.1) is 5.82 Å². The first-order chi connectivity index (χ1) is 14.0. The summed E-state index contributed by atoms with van der Waals surface area (Å²) in [7, 11) is 1.50. The number of amides is 1. The van der Waals surface area contributed by atoms with Gasteiger partial charge in [-0.2, -0.15) is 5.10 Å². The maximum absolute atomic E-state index is 14.5. The van der Waals surface area contributed by atoms with Crippen LogP contribution in [-0.2, 0) is 11.3 Å². The highest BCUT2D eigenvalue weighted by atomic mass is 35.5. The number of carbonyl (C=O) groups is 1. The SMILES string of the molecule is COc1cc(N2CCN(C(=O)Cn3ncc4cnccc43)[C@@H](C)C2)c(F)cc1Cl. The topological polar surface area (TPSA) is 63.5 Å². The molecule has 0 aliphatic carbocycles. The summed E-state index contributed by atoms with van der Waals surface area (Å²) in [5.41, 5.74) is 1.30. The van der Waals surface area contributed by atoms with Gasteiger partial charge in [0.2, 0.25) is 5.91 Å². The van der Waals surface area contributed by atoms with Gasteiger partial charge in [-0.25, -0.2) is 4.39 Å². The largest absolute Gasteiger partial charge is 0.495 e. The number of halogens is 2. The summed E-state index contributed by atoms with van der Waals surface area (Å²) in [5.74, 6) is 0.00166. The van der Waals surface area contributed by atoms with Gasteiger partial charge in [0.25, 0.3) is 0 Å². The molecule has 0 unspecified atom stereocenters. The molecule has 1 fully saturated rings. The van der Waals surface area contributed by atoms with E-state index in [2.05, 4.69) is 10.1 Å². The fraction of sp³-hybridized carbons (Fsp3) is 0.350. The number of benzene rings is 1. The van der Waals surface area contributed by atoms with E-state index in [-0.39, 0.29) is 23.5 Å². The van der Waals surface area contributed by atoms with Crippen LogP contribution in [-0.4, -0.2) is 58.4 Å². The molecule has 1 amide bonds. The molecule has 9 heteroatoms. The Hall–Kier alpha value is -2.87. The first-order valence-corrected chi connectivity index (χ1v) is 9.68. The Kier molecular flexibility index (Phi) is 5.27. The van der Waals surface area contributed by atoms with Gasteiger partial charge in [-0.15, -0.1) is 0 Å². The zero-order valence-corrected chi connectivity index (χ0v) is 16.9. The monoisotopic (exact) mass is 417 g/mol. The smallest absolute Gasteiger partial charge is 0.244 e. The van der Waals surface area contributed by atoms with Crippen LogP contribution in [0.3, 0.4) is 0 Å². The van der Waals surface area contributed by atoms with E-state index in [1.165, 1.54) is 13.2 Å². The third-order valence-corrected chi connectivity index (χ3v) is 5.53. The van der Waals surface area contributed by atoms with E-state index in [1.807, 2.05) is 22.8 Å². The van der Waals surface area contributed by atoms with E-state index in [0.29, 0.717) is 31.1 Å². The fourth-order valence-electron chi connectivity index (χ4n) is 3.74. The Morgan fingerprint density at radius 3 is 2.93 bits per heavy atom. The van der Waals surface area contributed by atoms with Crippen LogP contribution in [0.15, 0.2) is 36.8 Å². The molecule has 1 aliphatic rings. The van der Waals surface area contributed by atoms with Crippen molar-refractivity contribution in [3.8, 4) is 5.75 Å². The van der Waals surface area contributed by atoms with Crippen LogP contribution in [0.4, 0.5) is 10.1 Å². The Labute approximate surface area is 172 Å². The molecule has 3 heterocycles. The van der Waals surface area contributed by atoms with Crippen molar-refractivity contribution < 1.29 is 13.9 Å². The van der Waals surface area contributed by atoms with Crippen LogP contribution in [0.2, 0.25) is 5.02 Å². The average molecular weight is 418 g/mol. The molecular formula is C20H21ClFN5O2. The van der Waals surface area contributed by atoms with Crippen LogP contribution >= 0.6 is 11.6 Å². The summed E-state index contributed by atoms with van der Waals surface area (Å²) in [5, 5.41) is 5.43. The van der Waals surface area contributed by atoms with E-state index in [4.69, 9.17) is 16.3 Å². The van der Waals surface area contributed by atoms with Crippen molar-refractivity contribution in [2.24, 2.45) is 0 Å². The number of aromatic nitrogens is 3. The minimum Gasteiger partial charge on any atom is -0.495 e. The molecule has 0 radical (unpaired) electrons. The number of piperazine rings is 1. The molecule has 0 N–H and O–H groups in total. The molecule has 1 atom stereocenters. The summed E-state index contributed by atoms with van der Waals surface area (Å²) >= 11 is 5.99. The van der Waals surface area contributed by atoms with Crippen molar-refractivity contribution in [3.05, 3.63) is 47.6 Å². The predicted molar refractivity (Wildman–Crippen MR) is 109 cm³/mol. The highest BCUT2D eigenvalue weighted by molar-refractivity contribution is 6.32. The van der Waals surface area contributed by atoms with Crippen molar-refractivity contribution in [1.82, 2.24) is 19.7 Å². The van der Waals surface area contributed by atoms with Gasteiger partial charge in [0.05, 0.1) is 29.5 Å². The lowest BCUT2D eigenvalue weighted by molar-refractivity contribution is -0.134. The maximum Gasteiger partial charge on any atom is 0.244 e. The summed E-state index contributed by atoms with van der Waals surface area (Å²) < 4.78 is 21.3. The number of carbonyl (C=O) groups excluding carboxylic acids is 1. The van der Waals surface area contributed by atoms with Crippen molar-refractivity contribution in [1.29, 1.82) is 0 Å². The number of ether oxygens (including phenoxy) is 1. The Balaban J connectivity index is 1.47. The molecule has 29 heavy (non-hydrogen) atoms. The molecule has 0 saturated carbocycles. The average Bonchev–Trinajstić information content (AvgIpc) is 3.11. The molecule has 3 aromatic rings. The Bertz CT molecular complexity index is 1060. The van der Waals surface area contributed by atoms with Gasteiger partial charge in [-0.1, -0.05) is 11.6 Å². The summed E-state index contributed by atoms with van der Waals surface area (Å²) in [6.45, 7) is 3.63. The second-order valence-corrected chi connectivity index (χ2v) is 7.46. The number of anilines is 1. The lowest BCUT2D eigenvalue weighted by Crippen LogP contribution is -2.55. The molecule has 7 nitrogen and oxygen atoms in total. The quantitative estimate of drug-likeness (QED) is 0.653. The van der Waals surface area contributed by atoms with Crippen LogP contribution in [0.25, 0.3) is 10.9 Å². The van der Waals surface area contributed by atoms with Crippen molar-refractivity contribution in [2.75, 3.05) is 31.6 Å². The van der Waals surface area contributed by atoms with Crippen LogP contribution in [0.5, 0.6) is 5.75 Å². The molecule has 4 rings (SSSR count). The van der Waals surface area contributed by atoms with E-state index in [9.17, 15) is 9.18 Å². The lowest BCUT2D eigenvalue weighted by atomic mass is 10.1. The van der Waals surface area contributed by atoms with Gasteiger partial charge in [0.15, 0.2) is 0 Å². The lowest BCUT2D eigenvalue weighted by Gasteiger charge is -2.41. The molecule has 1 aromatic carbocycles. The summed E-state index contributed by atoms with van der Waals surface area (Å²) in [6, 6.07) is 4.62. The second kappa shape index (κ2) is 7.87. The maximum atomic E-state index is 14.5. The second-order valence-electron chi connectivity index (χ2n) is 7.06. The third-order valence-electron chi connectivity index (χ3n) is 5.24. The molecule has 0 bridgehead atoms. The molecule has 2 aromatic heterocycles. The van der Waals surface area contributed by atoms with Gasteiger partial charge in [-0.05, 0) is 19.1 Å². The normalized spacial score (nSPS) is 17.0. The number of hydrogen-bond donors (Lipinski definition) is 0. The Morgan fingerprint density at radius 1 is 1.34 bits per heavy atom. The van der Waals surface area contributed by atoms with Gasteiger partial charge in [-0.3, -0.25) is 14.5 Å². The first-order valence-electron chi connectivity index (χ1n) is 9.31. The van der Waals surface area contributed by atoms with Crippen molar-refractivity contribution in [2.45, 2.75) is 19.5 Å². The van der Waals surface area contributed by atoms with Crippen LogP contribution < -0.4 is 9.64 Å². The van der Waals surface area contributed by atoms with Crippen LogP contribution in [0.1, 0.15) is 6.92 Å². The molecular weight excluding hydrogens is 397 g/mol. The number of pyridine rings is 1. The summed E-state index contributed by atoms with van der Waals surface area (Å²) in [4.78, 5) is 20.7. The van der Waals surface area contributed by atoms with Crippen molar-refractivity contribution >= 4 is 34.1 Å². The number of rotatable bonds is 4. The minimum atomic E-state index is -0.403. The van der Waals surface area contributed by atoms with Gasteiger partial charge in [0.1, 0.15) is 18.1 Å². The number of methoxy groups -OCH3 is 1. The van der Waals surface area contributed by atoms with E-state index in [0.717, 1.165) is 10.9 Å². The standard InChI is InChI=1S/C20H21ClFN5O2/c1-13-11-25(18-8-19(29-2)15(21)7-16(18)22)5-6-26(13)20(28)12-27-17-3-4-23-9-14(17)10-24-27/h3-4,7-10,13H,5-6,11-12H2,1-2H3/t13-/m0/s1. The van der Waals surface area contributed by atoms with E-state index < -0.39 is 5.82 Å². The predicted octanol–water partition coefficient (Wildman–Crippen LogP) is 2.97. The van der Waals surface area contributed by atoms with Crippen molar-refractivity contribution in [3.63, 3.8) is 0 Å². The zero-order chi connectivity index (χ0) is 20.5. The highest BCUT2D eigenvalue weighted by Crippen LogP contribution is 2.33. The van der Waals surface area contributed by atoms with Gasteiger partial charge < -0.3 is 14.5 Å². The highest BCUT2D eigenvalue weighted by Gasteiger charge is 2.29. The van der Waals surface area contributed by atoms with E-state index in [1.54, 1.807) is 29.3 Å². The fourth-order valence-corrected chi connectivity index (χ4v) is 3.96. The minimum absolute atomic E-state index is 0.0203. The summed E-state index contributed by atoms with van der Waals surface area (Å²) in [6.07, 6.45) is 5.11. The third kappa shape index (κ3) is 3.72. The Morgan fingerprint density at radius 2 is 2.17 bits per heavy atom. The molecule has 0 spiro atoms. The van der Waals surface area contributed by atoms with E-state index >= 15 is 0 Å². The number of fused-ring (bicyclic) bond motifs is 1. The first kappa shape index (κ1) is 19.4. The number of nitrogens with zero attached hydrogens (tertiary/aromatic N) is 5. The molecule has 1 aliphatic heterocycles. The number of hydrogen-bond acceptors (Lipinski definition) is 5. The zero-order valence-electron chi connectivity index (χ0n) is 16.2. The van der Waals surface area contributed by atoms with Gasteiger partial charge >= 0.3 is 0 Å². The van der Waals surface area contributed by atoms with Gasteiger partial charge in [0, 0.05) is 49.5 Å². The molecule has 152 valence electrons.